The van der Waals surface area contributed by atoms with Gasteiger partial charge in [-0.05, 0) is 35.0 Å². The quantitative estimate of drug-likeness (QED) is 0.717. The smallest absolute Gasteiger partial charge is 0.124 e. The second-order valence-corrected chi connectivity index (χ2v) is 5.17. The van der Waals surface area contributed by atoms with E-state index in [2.05, 4.69) is 5.32 Å². The molecule has 0 amide bonds. The molecule has 0 aliphatic heterocycles. The van der Waals surface area contributed by atoms with Gasteiger partial charge in [0.15, 0.2) is 0 Å². The molecule has 106 valence electrons. The number of benzene rings is 3. The highest BCUT2D eigenvalue weighted by Gasteiger charge is 2.08. The molecule has 0 heterocycles. The van der Waals surface area contributed by atoms with E-state index >= 15 is 0 Å². The van der Waals surface area contributed by atoms with Gasteiger partial charge in [-0.3, -0.25) is 0 Å². The molecule has 2 N–H and O–H groups in total. The van der Waals surface area contributed by atoms with Gasteiger partial charge in [0.25, 0.3) is 0 Å². The van der Waals surface area contributed by atoms with E-state index in [1.165, 1.54) is 12.1 Å². The zero-order valence-corrected chi connectivity index (χ0v) is 11.9. The van der Waals surface area contributed by atoms with Crippen LogP contribution in [0.3, 0.4) is 0 Å². The maximum Gasteiger partial charge on any atom is 0.124 e. The number of hydrogen-bond donors (Lipinski definition) is 2. The third-order valence-corrected chi connectivity index (χ3v) is 3.72. The zero-order valence-electron chi connectivity index (χ0n) is 11.1. The van der Waals surface area contributed by atoms with Crippen molar-refractivity contribution in [1.29, 1.82) is 0 Å². The van der Waals surface area contributed by atoms with Crippen molar-refractivity contribution in [2.24, 2.45) is 0 Å². The minimum Gasteiger partial charge on any atom is -0.508 e. The molecular formula is C17H13ClFNO. The van der Waals surface area contributed by atoms with E-state index in [4.69, 9.17) is 11.6 Å². The summed E-state index contributed by atoms with van der Waals surface area (Å²) < 4.78 is 13.0. The lowest BCUT2D eigenvalue weighted by molar-refractivity contribution is 0.470. The lowest BCUT2D eigenvalue weighted by Crippen LogP contribution is -2.01. The summed E-state index contributed by atoms with van der Waals surface area (Å²) in [6.45, 7) is 0.401. The molecule has 0 atom stereocenters. The van der Waals surface area contributed by atoms with E-state index in [1.54, 1.807) is 12.1 Å². The Kier molecular flexibility index (Phi) is 3.67. The Labute approximate surface area is 126 Å². The Balaban J connectivity index is 1.93. The van der Waals surface area contributed by atoms with Crippen molar-refractivity contribution in [1.82, 2.24) is 0 Å². The van der Waals surface area contributed by atoms with Gasteiger partial charge in [-0.2, -0.15) is 0 Å². The van der Waals surface area contributed by atoms with Gasteiger partial charge in [-0.25, -0.2) is 4.39 Å². The molecule has 0 radical (unpaired) electrons. The summed E-state index contributed by atoms with van der Waals surface area (Å²) in [5.41, 5.74) is 1.42. The average Bonchev–Trinajstić information content (AvgIpc) is 2.48. The molecule has 0 saturated carbocycles. The largest absolute Gasteiger partial charge is 0.508 e. The van der Waals surface area contributed by atoms with Crippen LogP contribution in [-0.2, 0) is 6.54 Å². The van der Waals surface area contributed by atoms with Crippen LogP contribution in [0.15, 0.2) is 54.6 Å². The van der Waals surface area contributed by atoms with Gasteiger partial charge >= 0.3 is 0 Å². The van der Waals surface area contributed by atoms with Crippen molar-refractivity contribution in [2.45, 2.75) is 6.54 Å². The molecule has 0 aromatic heterocycles. The molecule has 0 bridgehead atoms. The number of aromatic hydroxyl groups is 1. The van der Waals surface area contributed by atoms with Crippen LogP contribution in [0.25, 0.3) is 10.8 Å². The number of phenolic OH excluding ortho intramolecular Hbond substituents is 1. The first kappa shape index (κ1) is 13.7. The van der Waals surface area contributed by atoms with Crippen LogP contribution in [0.5, 0.6) is 5.75 Å². The standard InChI is InChI=1S/C17H13ClFNO/c18-15-9-12(19)6-7-16(15)20-10-14-13-4-2-1-3-11(13)5-8-17(14)21/h1-9,20-21H,10H2. The summed E-state index contributed by atoms with van der Waals surface area (Å²) in [5, 5.41) is 15.5. The van der Waals surface area contributed by atoms with Gasteiger partial charge in [0, 0.05) is 12.1 Å². The van der Waals surface area contributed by atoms with E-state index in [-0.39, 0.29) is 11.6 Å². The lowest BCUT2D eigenvalue weighted by atomic mass is 10.0. The Morgan fingerprint density at radius 1 is 1.05 bits per heavy atom. The van der Waals surface area contributed by atoms with Gasteiger partial charge < -0.3 is 10.4 Å². The van der Waals surface area contributed by atoms with Crippen LogP contribution in [0.4, 0.5) is 10.1 Å². The van der Waals surface area contributed by atoms with E-state index in [0.717, 1.165) is 16.3 Å². The molecule has 0 aliphatic rings. The summed E-state index contributed by atoms with van der Waals surface area (Å²) in [4.78, 5) is 0. The predicted molar refractivity (Wildman–Crippen MR) is 84.3 cm³/mol. The third-order valence-electron chi connectivity index (χ3n) is 3.40. The van der Waals surface area contributed by atoms with Crippen molar-refractivity contribution in [3.8, 4) is 5.75 Å². The summed E-state index contributed by atoms with van der Waals surface area (Å²) in [6.07, 6.45) is 0. The van der Waals surface area contributed by atoms with Gasteiger partial charge in [0.2, 0.25) is 0 Å². The van der Waals surface area contributed by atoms with Crippen LogP contribution in [0, 0.1) is 5.82 Å². The topological polar surface area (TPSA) is 32.3 Å². The monoisotopic (exact) mass is 301 g/mol. The molecule has 0 fully saturated rings. The van der Waals surface area contributed by atoms with Gasteiger partial charge in [-0.15, -0.1) is 0 Å². The average molecular weight is 302 g/mol. The summed E-state index contributed by atoms with van der Waals surface area (Å²) in [6, 6.07) is 15.6. The zero-order chi connectivity index (χ0) is 14.8. The summed E-state index contributed by atoms with van der Waals surface area (Å²) in [5.74, 6) is -0.155. The second kappa shape index (κ2) is 5.62. The predicted octanol–water partition coefficient (Wildman–Crippen LogP) is 4.95. The fourth-order valence-corrected chi connectivity index (χ4v) is 2.56. The molecular weight excluding hydrogens is 289 g/mol. The Morgan fingerprint density at radius 2 is 1.86 bits per heavy atom. The van der Waals surface area contributed by atoms with E-state index < -0.39 is 0 Å². The van der Waals surface area contributed by atoms with Gasteiger partial charge in [0.05, 0.1) is 10.7 Å². The molecule has 0 aliphatic carbocycles. The number of halogens is 2. The molecule has 3 aromatic rings. The highest BCUT2D eigenvalue weighted by atomic mass is 35.5. The van der Waals surface area contributed by atoms with Crippen molar-refractivity contribution in [2.75, 3.05) is 5.32 Å². The molecule has 3 aromatic carbocycles. The first-order valence-electron chi connectivity index (χ1n) is 6.53. The minimum absolute atomic E-state index is 0.222. The Bertz CT molecular complexity index is 804. The fraction of sp³-hybridized carbons (Fsp3) is 0.0588. The highest BCUT2D eigenvalue weighted by Crippen LogP contribution is 2.29. The highest BCUT2D eigenvalue weighted by molar-refractivity contribution is 6.33. The third kappa shape index (κ3) is 2.78. The van der Waals surface area contributed by atoms with Crippen molar-refractivity contribution in [3.05, 3.63) is 71.0 Å². The maximum absolute atomic E-state index is 13.0. The van der Waals surface area contributed by atoms with Crippen LogP contribution >= 0.6 is 11.6 Å². The number of rotatable bonds is 3. The molecule has 21 heavy (non-hydrogen) atoms. The number of phenols is 1. The Hall–Kier alpha value is -2.26. The molecule has 0 unspecified atom stereocenters. The van der Waals surface area contributed by atoms with Crippen LogP contribution < -0.4 is 5.32 Å². The van der Waals surface area contributed by atoms with Crippen molar-refractivity contribution < 1.29 is 9.50 Å². The number of fused-ring (bicyclic) bond motifs is 1. The summed E-state index contributed by atoms with van der Waals surface area (Å²) in [7, 11) is 0. The van der Waals surface area contributed by atoms with Gasteiger partial charge in [-0.1, -0.05) is 41.9 Å². The van der Waals surface area contributed by atoms with Gasteiger partial charge in [0.1, 0.15) is 11.6 Å². The van der Waals surface area contributed by atoms with Crippen molar-refractivity contribution in [3.63, 3.8) is 0 Å². The molecule has 0 spiro atoms. The van der Waals surface area contributed by atoms with E-state index in [9.17, 15) is 9.50 Å². The minimum atomic E-state index is -0.376. The first-order chi connectivity index (χ1) is 10.1. The van der Waals surface area contributed by atoms with E-state index in [1.807, 2.05) is 30.3 Å². The number of hydrogen-bond acceptors (Lipinski definition) is 2. The van der Waals surface area contributed by atoms with Crippen molar-refractivity contribution >= 4 is 28.1 Å². The summed E-state index contributed by atoms with van der Waals surface area (Å²) >= 11 is 5.99. The van der Waals surface area contributed by atoms with Crippen LogP contribution in [-0.4, -0.2) is 5.11 Å². The lowest BCUT2D eigenvalue weighted by Gasteiger charge is -2.12. The molecule has 0 saturated heterocycles. The molecule has 4 heteroatoms. The van der Waals surface area contributed by atoms with E-state index in [0.29, 0.717) is 17.3 Å². The number of anilines is 1. The molecule has 3 rings (SSSR count). The molecule has 2 nitrogen and oxygen atoms in total. The fourth-order valence-electron chi connectivity index (χ4n) is 2.33. The SMILES string of the molecule is Oc1ccc2ccccc2c1CNc1ccc(F)cc1Cl. The first-order valence-corrected chi connectivity index (χ1v) is 6.91. The second-order valence-electron chi connectivity index (χ2n) is 4.76. The van der Waals surface area contributed by atoms with Crippen LogP contribution in [0.1, 0.15) is 5.56 Å². The van der Waals surface area contributed by atoms with Crippen LogP contribution in [0.2, 0.25) is 5.02 Å². The number of nitrogens with one attached hydrogen (secondary N) is 1. The Morgan fingerprint density at radius 3 is 2.67 bits per heavy atom. The maximum atomic E-state index is 13.0. The normalized spacial score (nSPS) is 10.8.